The molecule has 0 aliphatic carbocycles. The van der Waals surface area contributed by atoms with Crippen molar-refractivity contribution < 1.29 is 29.0 Å². The van der Waals surface area contributed by atoms with Gasteiger partial charge in [0.2, 0.25) is 5.91 Å². The molecule has 1 saturated heterocycles. The number of amides is 2. The van der Waals surface area contributed by atoms with Crippen LogP contribution in [0.3, 0.4) is 0 Å². The molecule has 8 heteroatoms. The molecule has 4 atom stereocenters. The second kappa shape index (κ2) is 7.58. The van der Waals surface area contributed by atoms with Crippen molar-refractivity contribution in [3.8, 4) is 0 Å². The summed E-state index contributed by atoms with van der Waals surface area (Å²) >= 11 is 0. The normalized spacial score (nSPS) is 27.2. The molecule has 128 valence electrons. The highest BCUT2D eigenvalue weighted by molar-refractivity contribution is 5.91. The maximum atomic E-state index is 11.8. The average molecular weight is 326 g/mol. The van der Waals surface area contributed by atoms with E-state index in [0.29, 0.717) is 0 Å². The number of ether oxygens (including phenoxy) is 1. The summed E-state index contributed by atoms with van der Waals surface area (Å²) in [6.07, 6.45) is -2.64. The Labute approximate surface area is 133 Å². The van der Waals surface area contributed by atoms with Crippen LogP contribution in [0.1, 0.15) is 30.8 Å². The predicted molar refractivity (Wildman–Crippen MR) is 79.6 cm³/mol. The number of carbonyl (C=O) groups excluding carboxylic acids is 2. The monoisotopic (exact) mass is 326 g/mol. The van der Waals surface area contributed by atoms with Gasteiger partial charge in [0.15, 0.2) is 5.76 Å². The van der Waals surface area contributed by atoms with Crippen molar-refractivity contribution in [1.82, 2.24) is 10.6 Å². The zero-order valence-corrected chi connectivity index (χ0v) is 13.1. The Morgan fingerprint density at radius 1 is 1.26 bits per heavy atom. The van der Waals surface area contributed by atoms with Crippen molar-refractivity contribution >= 4 is 11.8 Å². The van der Waals surface area contributed by atoms with Gasteiger partial charge < -0.3 is 30.0 Å². The Kier molecular flexibility index (Phi) is 5.75. The fourth-order valence-electron chi connectivity index (χ4n) is 2.41. The number of rotatable bonds is 6. The topological polar surface area (TPSA) is 121 Å². The van der Waals surface area contributed by atoms with E-state index in [-0.39, 0.29) is 30.7 Å². The fraction of sp³-hybridized carbons (Fsp3) is 0.600. The highest BCUT2D eigenvalue weighted by Crippen LogP contribution is 2.23. The number of carbonyl (C=O) groups is 2. The van der Waals surface area contributed by atoms with Crippen molar-refractivity contribution in [1.29, 1.82) is 0 Å². The minimum absolute atomic E-state index is 0.0000591. The van der Waals surface area contributed by atoms with E-state index in [4.69, 9.17) is 9.15 Å². The SMILES string of the molecule is CC(C)NC(=O)C[C@H]1O[C@H](CNC(=O)c2ccco2)[C@@H](O)[C@H]1O. The first-order valence-electron chi connectivity index (χ1n) is 7.51. The fourth-order valence-corrected chi connectivity index (χ4v) is 2.41. The van der Waals surface area contributed by atoms with E-state index < -0.39 is 30.3 Å². The van der Waals surface area contributed by atoms with Crippen LogP contribution in [-0.2, 0) is 9.53 Å². The van der Waals surface area contributed by atoms with Crippen molar-refractivity contribution in [3.63, 3.8) is 0 Å². The van der Waals surface area contributed by atoms with Crippen molar-refractivity contribution in [2.24, 2.45) is 0 Å². The maximum absolute atomic E-state index is 11.8. The van der Waals surface area contributed by atoms with Crippen molar-refractivity contribution in [2.45, 2.75) is 50.7 Å². The van der Waals surface area contributed by atoms with Crippen LogP contribution < -0.4 is 10.6 Å². The first-order chi connectivity index (χ1) is 10.9. The van der Waals surface area contributed by atoms with Crippen LogP contribution in [0, 0.1) is 0 Å². The van der Waals surface area contributed by atoms with Gasteiger partial charge in [0.25, 0.3) is 5.91 Å². The van der Waals surface area contributed by atoms with E-state index >= 15 is 0 Å². The van der Waals surface area contributed by atoms with Gasteiger partial charge in [-0.15, -0.1) is 0 Å². The Morgan fingerprint density at radius 3 is 2.57 bits per heavy atom. The zero-order chi connectivity index (χ0) is 17.0. The van der Waals surface area contributed by atoms with Crippen LogP contribution in [0.5, 0.6) is 0 Å². The molecule has 0 aromatic carbocycles. The Balaban J connectivity index is 1.84. The molecule has 4 N–H and O–H groups in total. The van der Waals surface area contributed by atoms with E-state index in [9.17, 15) is 19.8 Å². The summed E-state index contributed by atoms with van der Waals surface area (Å²) in [5.41, 5.74) is 0. The predicted octanol–water partition coefficient (Wildman–Crippen LogP) is -0.587. The molecule has 1 aliphatic heterocycles. The van der Waals surface area contributed by atoms with Gasteiger partial charge in [-0.3, -0.25) is 9.59 Å². The molecular weight excluding hydrogens is 304 g/mol. The first kappa shape index (κ1) is 17.5. The molecule has 8 nitrogen and oxygen atoms in total. The molecule has 0 unspecified atom stereocenters. The van der Waals surface area contributed by atoms with E-state index in [1.165, 1.54) is 12.3 Å². The molecule has 23 heavy (non-hydrogen) atoms. The van der Waals surface area contributed by atoms with Crippen molar-refractivity contribution in [3.05, 3.63) is 24.2 Å². The molecule has 0 radical (unpaired) electrons. The van der Waals surface area contributed by atoms with Gasteiger partial charge in [0.1, 0.15) is 18.3 Å². The highest BCUT2D eigenvalue weighted by Gasteiger charge is 2.43. The Hall–Kier alpha value is -1.90. The number of nitrogens with one attached hydrogen (secondary N) is 2. The third-order valence-electron chi connectivity index (χ3n) is 3.51. The zero-order valence-electron chi connectivity index (χ0n) is 13.1. The van der Waals surface area contributed by atoms with Crippen LogP contribution in [0.2, 0.25) is 0 Å². The summed E-state index contributed by atoms with van der Waals surface area (Å²) in [5.74, 6) is -0.566. The van der Waals surface area contributed by atoms with Crippen LogP contribution in [-0.4, -0.2) is 59.0 Å². The minimum Gasteiger partial charge on any atom is -0.459 e. The number of furan rings is 1. The summed E-state index contributed by atoms with van der Waals surface area (Å²) < 4.78 is 10.5. The van der Waals surface area contributed by atoms with Gasteiger partial charge in [-0.2, -0.15) is 0 Å². The highest BCUT2D eigenvalue weighted by atomic mass is 16.5. The number of aliphatic hydroxyl groups is 2. The molecule has 0 saturated carbocycles. The van der Waals surface area contributed by atoms with Gasteiger partial charge in [0, 0.05) is 12.6 Å². The molecule has 1 aromatic heterocycles. The van der Waals surface area contributed by atoms with Crippen molar-refractivity contribution in [2.75, 3.05) is 6.54 Å². The summed E-state index contributed by atoms with van der Waals surface area (Å²) in [6.45, 7) is 3.65. The van der Waals surface area contributed by atoms with Crippen LogP contribution in [0.15, 0.2) is 22.8 Å². The summed E-state index contributed by atoms with van der Waals surface area (Å²) in [5, 5.41) is 25.2. The Bertz CT molecular complexity index is 530. The number of hydrogen-bond donors (Lipinski definition) is 4. The van der Waals surface area contributed by atoms with E-state index in [1.54, 1.807) is 6.07 Å². The van der Waals surface area contributed by atoms with Gasteiger partial charge >= 0.3 is 0 Å². The molecular formula is C15H22N2O6. The Morgan fingerprint density at radius 2 is 1.96 bits per heavy atom. The summed E-state index contributed by atoms with van der Waals surface area (Å²) in [4.78, 5) is 23.5. The smallest absolute Gasteiger partial charge is 0.287 e. The van der Waals surface area contributed by atoms with Crippen LogP contribution >= 0.6 is 0 Å². The molecule has 1 fully saturated rings. The van der Waals surface area contributed by atoms with Crippen LogP contribution in [0.25, 0.3) is 0 Å². The van der Waals surface area contributed by atoms with Crippen LogP contribution in [0.4, 0.5) is 0 Å². The summed E-state index contributed by atoms with van der Waals surface area (Å²) in [7, 11) is 0. The molecule has 2 rings (SSSR count). The molecule has 2 amide bonds. The number of hydrogen-bond acceptors (Lipinski definition) is 6. The molecule has 2 heterocycles. The largest absolute Gasteiger partial charge is 0.459 e. The second-order valence-electron chi connectivity index (χ2n) is 5.81. The molecule has 0 spiro atoms. The van der Waals surface area contributed by atoms with E-state index in [2.05, 4.69) is 10.6 Å². The van der Waals surface area contributed by atoms with Gasteiger partial charge in [-0.05, 0) is 26.0 Å². The molecule has 1 aromatic rings. The lowest BCUT2D eigenvalue weighted by Gasteiger charge is -2.15. The second-order valence-corrected chi connectivity index (χ2v) is 5.81. The van der Waals surface area contributed by atoms with E-state index in [1.807, 2.05) is 13.8 Å². The third-order valence-corrected chi connectivity index (χ3v) is 3.51. The lowest BCUT2D eigenvalue weighted by Crippen LogP contribution is -2.40. The summed E-state index contributed by atoms with van der Waals surface area (Å²) in [6, 6.07) is 3.08. The van der Waals surface area contributed by atoms with Gasteiger partial charge in [-0.25, -0.2) is 0 Å². The third kappa shape index (κ3) is 4.54. The molecule has 0 bridgehead atoms. The van der Waals surface area contributed by atoms with Gasteiger partial charge in [0.05, 0.1) is 18.8 Å². The lowest BCUT2D eigenvalue weighted by atomic mass is 10.1. The minimum atomic E-state index is -1.18. The average Bonchev–Trinajstić information content (AvgIpc) is 3.09. The van der Waals surface area contributed by atoms with Gasteiger partial charge in [-0.1, -0.05) is 0 Å². The quantitative estimate of drug-likeness (QED) is 0.555. The molecule has 1 aliphatic rings. The van der Waals surface area contributed by atoms with E-state index in [0.717, 1.165) is 0 Å². The number of aliphatic hydroxyl groups excluding tert-OH is 2. The first-order valence-corrected chi connectivity index (χ1v) is 7.51. The lowest BCUT2D eigenvalue weighted by molar-refractivity contribution is -0.125. The standard InChI is InChI=1S/C15H22N2O6/c1-8(2)17-12(18)6-10-13(19)14(20)11(23-10)7-16-15(21)9-4-3-5-22-9/h3-5,8,10-11,13-14,19-20H,6-7H2,1-2H3,(H,16,21)(H,17,18)/t10-,11-,13+,14-/m1/s1. The maximum Gasteiger partial charge on any atom is 0.287 e.